The number of aromatic nitrogens is 12. The topological polar surface area (TPSA) is 157 Å². The number of rotatable bonds is 3. The molecule has 9 heterocycles. The first-order chi connectivity index (χ1) is 25.9. The highest BCUT2D eigenvalue weighted by Gasteiger charge is 2.13. The molecule has 9 aromatic heterocycles. The Morgan fingerprint density at radius 1 is 0.481 bits per heavy atom. The van der Waals surface area contributed by atoms with Crippen molar-refractivity contribution in [2.45, 2.75) is 0 Å². The van der Waals surface area contributed by atoms with Crippen LogP contribution in [-0.4, -0.2) is 59.2 Å². The smallest absolute Gasteiger partial charge is 0.137 e. The van der Waals surface area contributed by atoms with Crippen molar-refractivity contribution < 1.29 is 0 Å². The molecular formula is C36H26Cl5N13. The van der Waals surface area contributed by atoms with E-state index in [1.165, 1.54) is 0 Å². The SMILES string of the molecule is Cn1cc(-c2cc3nc(Cl)ccc3nc2Cl)cn1.Cn1cc(-c2cc3nc(Cl)ccc3nc2N)cn1.Cn1cc(-c2cnc3ccc(Cl)nc3c2Cl)cn1. The Morgan fingerprint density at radius 2 is 0.944 bits per heavy atom. The monoisotopic (exact) mass is 815 g/mol. The number of nitrogen functional groups attached to an aromatic ring is 1. The molecule has 0 unspecified atom stereocenters. The molecule has 0 aliphatic carbocycles. The van der Waals surface area contributed by atoms with Gasteiger partial charge in [0.2, 0.25) is 0 Å². The van der Waals surface area contributed by atoms with Gasteiger partial charge in [-0.25, -0.2) is 24.9 Å². The van der Waals surface area contributed by atoms with E-state index >= 15 is 0 Å². The molecule has 54 heavy (non-hydrogen) atoms. The van der Waals surface area contributed by atoms with E-state index in [0.717, 1.165) is 55.4 Å². The molecule has 0 bridgehead atoms. The van der Waals surface area contributed by atoms with Crippen molar-refractivity contribution in [3.63, 3.8) is 0 Å². The van der Waals surface area contributed by atoms with Crippen molar-refractivity contribution >= 4 is 96.9 Å². The van der Waals surface area contributed by atoms with Crippen molar-refractivity contribution in [3.8, 4) is 33.4 Å². The van der Waals surface area contributed by atoms with Gasteiger partial charge in [0.25, 0.3) is 0 Å². The molecule has 0 amide bonds. The number of anilines is 1. The molecule has 0 saturated carbocycles. The maximum absolute atomic E-state index is 6.36. The second-order valence-electron chi connectivity index (χ2n) is 11.8. The third-order valence-electron chi connectivity index (χ3n) is 7.92. The number of hydrogen-bond donors (Lipinski definition) is 1. The van der Waals surface area contributed by atoms with Crippen molar-refractivity contribution in [1.29, 1.82) is 0 Å². The van der Waals surface area contributed by atoms with E-state index in [1.54, 1.807) is 75.2 Å². The van der Waals surface area contributed by atoms with Crippen LogP contribution in [0.3, 0.4) is 0 Å². The second-order valence-corrected chi connectivity index (χ2v) is 13.7. The van der Waals surface area contributed by atoms with E-state index < -0.39 is 0 Å². The van der Waals surface area contributed by atoms with Crippen LogP contribution in [0.4, 0.5) is 5.82 Å². The molecule has 0 aliphatic heterocycles. The molecule has 2 N–H and O–H groups in total. The number of aryl methyl sites for hydroxylation is 3. The maximum atomic E-state index is 6.36. The quantitative estimate of drug-likeness (QED) is 0.171. The van der Waals surface area contributed by atoms with E-state index in [2.05, 4.69) is 45.2 Å². The Bertz CT molecular complexity index is 2620. The van der Waals surface area contributed by atoms with Crippen LogP contribution in [0.25, 0.3) is 66.5 Å². The minimum atomic E-state index is 0.398. The highest BCUT2D eigenvalue weighted by molar-refractivity contribution is 6.38. The lowest BCUT2D eigenvalue weighted by Gasteiger charge is -2.04. The summed E-state index contributed by atoms with van der Waals surface area (Å²) in [5.41, 5.74) is 15.3. The van der Waals surface area contributed by atoms with Gasteiger partial charge in [-0.15, -0.1) is 0 Å². The van der Waals surface area contributed by atoms with Crippen molar-refractivity contribution in [2.24, 2.45) is 21.1 Å². The summed E-state index contributed by atoms with van der Waals surface area (Å²) in [4.78, 5) is 25.6. The van der Waals surface area contributed by atoms with Crippen LogP contribution in [0, 0.1) is 0 Å². The van der Waals surface area contributed by atoms with E-state index in [4.69, 9.17) is 63.7 Å². The van der Waals surface area contributed by atoms with Crippen LogP contribution in [0.1, 0.15) is 0 Å². The Morgan fingerprint density at radius 3 is 1.48 bits per heavy atom. The number of hydrogen-bond acceptors (Lipinski definition) is 10. The maximum Gasteiger partial charge on any atom is 0.137 e. The molecule has 18 heteroatoms. The van der Waals surface area contributed by atoms with Crippen LogP contribution >= 0.6 is 58.0 Å². The average Bonchev–Trinajstić information content (AvgIpc) is 3.90. The van der Waals surface area contributed by atoms with Crippen molar-refractivity contribution in [3.05, 3.63) is 118 Å². The first kappa shape index (κ1) is 36.9. The van der Waals surface area contributed by atoms with Gasteiger partial charge in [0, 0.05) is 79.3 Å². The molecule has 270 valence electrons. The number of fused-ring (bicyclic) bond motifs is 3. The van der Waals surface area contributed by atoms with Crippen LogP contribution in [0.5, 0.6) is 0 Å². The fraction of sp³-hybridized carbons (Fsp3) is 0.0833. The summed E-state index contributed by atoms with van der Waals surface area (Å²) >= 11 is 30.2. The van der Waals surface area contributed by atoms with Gasteiger partial charge in [0.1, 0.15) is 31.9 Å². The van der Waals surface area contributed by atoms with E-state index in [0.29, 0.717) is 42.5 Å². The summed E-state index contributed by atoms with van der Waals surface area (Å²) in [5, 5.41) is 14.6. The van der Waals surface area contributed by atoms with Crippen LogP contribution in [-0.2, 0) is 21.1 Å². The fourth-order valence-corrected chi connectivity index (χ4v) is 6.38. The minimum Gasteiger partial charge on any atom is -0.383 e. The molecule has 9 rings (SSSR count). The first-order valence-corrected chi connectivity index (χ1v) is 17.7. The van der Waals surface area contributed by atoms with Crippen molar-refractivity contribution in [2.75, 3.05) is 5.73 Å². The molecule has 0 aliphatic rings. The predicted octanol–water partition coefficient (Wildman–Crippen LogP) is 8.94. The fourth-order valence-electron chi connectivity index (χ4n) is 5.38. The highest BCUT2D eigenvalue weighted by atomic mass is 35.5. The average molecular weight is 818 g/mol. The van der Waals surface area contributed by atoms with Gasteiger partial charge >= 0.3 is 0 Å². The van der Waals surface area contributed by atoms with Gasteiger partial charge in [0.15, 0.2) is 0 Å². The number of pyridine rings is 6. The van der Waals surface area contributed by atoms with Crippen LogP contribution in [0.2, 0.25) is 25.6 Å². The second kappa shape index (κ2) is 15.5. The Balaban J connectivity index is 0.000000125. The summed E-state index contributed by atoms with van der Waals surface area (Å²) in [6.45, 7) is 0. The van der Waals surface area contributed by atoms with Gasteiger partial charge in [-0.05, 0) is 48.5 Å². The highest BCUT2D eigenvalue weighted by Crippen LogP contribution is 2.33. The van der Waals surface area contributed by atoms with Crippen molar-refractivity contribution in [1.82, 2.24) is 59.2 Å². The normalized spacial score (nSPS) is 11.0. The minimum absolute atomic E-state index is 0.398. The zero-order valence-electron chi connectivity index (χ0n) is 28.5. The molecule has 9 aromatic rings. The van der Waals surface area contributed by atoms with E-state index in [-0.39, 0.29) is 0 Å². The number of nitrogens with two attached hydrogens (primary N) is 1. The summed E-state index contributed by atoms with van der Waals surface area (Å²) in [6.07, 6.45) is 12.6. The van der Waals surface area contributed by atoms with E-state index in [1.807, 2.05) is 51.9 Å². The van der Waals surface area contributed by atoms with E-state index in [9.17, 15) is 0 Å². The Labute approximate surface area is 332 Å². The summed E-state index contributed by atoms with van der Waals surface area (Å²) in [5.74, 6) is 0.458. The number of nitrogens with zero attached hydrogens (tertiary/aromatic N) is 12. The third kappa shape index (κ3) is 8.05. The Hall–Kier alpha value is -5.44. The standard InChI is InChI=1S/2C12H8Cl2N4.C12H10ClN5/c1-18-6-7(5-15-18)8-4-10-9(17-12(8)14)2-3-11(13)16-10;1-18-6-7(4-16-18)8-5-15-9-2-3-10(13)17-12(9)11(8)14;1-18-6-7(5-15-18)8-4-10-9(17-12(8)14)2-3-11(13)16-10/h2*2-6H,1H3;2-6H,1H3,(H2,14,17). The molecule has 13 nitrogen and oxygen atoms in total. The lowest BCUT2D eigenvalue weighted by atomic mass is 10.1. The first-order valence-electron chi connectivity index (χ1n) is 15.8. The number of halogens is 5. The Kier molecular flexibility index (Phi) is 10.6. The molecule has 0 spiro atoms. The summed E-state index contributed by atoms with van der Waals surface area (Å²) in [7, 11) is 5.55. The molecule has 0 atom stereocenters. The van der Waals surface area contributed by atoms with Gasteiger partial charge in [0.05, 0.1) is 51.2 Å². The molecule has 0 saturated heterocycles. The van der Waals surface area contributed by atoms with Gasteiger partial charge in [-0.1, -0.05) is 58.0 Å². The lowest BCUT2D eigenvalue weighted by molar-refractivity contribution is 0.768. The molecule has 0 fully saturated rings. The zero-order valence-corrected chi connectivity index (χ0v) is 32.3. The molecule has 0 aromatic carbocycles. The van der Waals surface area contributed by atoms with Crippen LogP contribution in [0.15, 0.2) is 91.9 Å². The third-order valence-corrected chi connectivity index (χ3v) is 9.22. The summed E-state index contributed by atoms with van der Waals surface area (Å²) in [6, 6.07) is 14.2. The lowest BCUT2D eigenvalue weighted by Crippen LogP contribution is -1.95. The van der Waals surface area contributed by atoms with Gasteiger partial charge < -0.3 is 5.73 Å². The summed E-state index contributed by atoms with van der Waals surface area (Å²) < 4.78 is 5.13. The molecule has 0 radical (unpaired) electrons. The van der Waals surface area contributed by atoms with Crippen LogP contribution < -0.4 is 5.73 Å². The van der Waals surface area contributed by atoms with Gasteiger partial charge in [-0.3, -0.25) is 19.0 Å². The van der Waals surface area contributed by atoms with Gasteiger partial charge in [-0.2, -0.15) is 15.3 Å². The largest absolute Gasteiger partial charge is 0.383 e. The molecular weight excluding hydrogens is 792 g/mol. The zero-order chi connectivity index (χ0) is 38.1. The predicted molar refractivity (Wildman–Crippen MR) is 215 cm³/mol.